The number of aliphatic hydroxyl groups excluding tert-OH is 1. The van der Waals surface area contributed by atoms with E-state index in [1.165, 1.54) is 19.1 Å². The smallest absolute Gasteiger partial charge is 0.295 e. The van der Waals surface area contributed by atoms with Gasteiger partial charge in [-0.3, -0.25) is 9.59 Å². The van der Waals surface area contributed by atoms with Crippen LogP contribution in [0.4, 0.5) is 0 Å². The van der Waals surface area contributed by atoms with E-state index < -0.39 is 17.7 Å². The Balaban J connectivity index is 1.68. The molecule has 1 amide bonds. The molecule has 1 heterocycles. The number of methoxy groups -OCH3 is 2. The lowest BCUT2D eigenvalue weighted by molar-refractivity contribution is -0.140. The third-order valence-corrected chi connectivity index (χ3v) is 5.86. The van der Waals surface area contributed by atoms with E-state index in [0.717, 1.165) is 5.56 Å². The van der Waals surface area contributed by atoms with Gasteiger partial charge in [0.1, 0.15) is 23.9 Å². The van der Waals surface area contributed by atoms with Crippen molar-refractivity contribution in [3.8, 4) is 11.5 Å². The van der Waals surface area contributed by atoms with Crippen molar-refractivity contribution in [2.75, 3.05) is 27.4 Å². The highest BCUT2D eigenvalue weighted by molar-refractivity contribution is 6.46. The molecule has 180 valence electrons. The standard InChI is InChI=1S/C28H27NO6/c1-33-16-15-29-25(20-11-13-22(14-12-20)35-18-19-7-4-3-5-8-19)24(27(31)28(29)32)26(30)21-9-6-10-23(17-21)34-2/h3-14,17,25,30H,15-16,18H2,1-2H3/b26-24-. The molecule has 35 heavy (non-hydrogen) atoms. The largest absolute Gasteiger partial charge is 0.507 e. The fourth-order valence-electron chi connectivity index (χ4n) is 4.06. The van der Waals surface area contributed by atoms with Gasteiger partial charge in [0.15, 0.2) is 0 Å². The topological polar surface area (TPSA) is 85.3 Å². The first kappa shape index (κ1) is 24.0. The van der Waals surface area contributed by atoms with Crippen molar-refractivity contribution in [2.24, 2.45) is 0 Å². The molecule has 1 atom stereocenters. The van der Waals surface area contributed by atoms with E-state index in [1.807, 2.05) is 30.3 Å². The number of carbonyl (C=O) groups is 2. The molecule has 1 saturated heterocycles. The third-order valence-electron chi connectivity index (χ3n) is 5.86. The van der Waals surface area contributed by atoms with Gasteiger partial charge in [-0.05, 0) is 35.4 Å². The van der Waals surface area contributed by atoms with Gasteiger partial charge in [-0.1, -0.05) is 54.6 Å². The highest BCUT2D eigenvalue weighted by Gasteiger charge is 2.45. The minimum absolute atomic E-state index is 0.0253. The minimum atomic E-state index is -0.764. The summed E-state index contributed by atoms with van der Waals surface area (Å²) >= 11 is 0. The Morgan fingerprint density at radius 2 is 1.66 bits per heavy atom. The van der Waals surface area contributed by atoms with Gasteiger partial charge in [-0.15, -0.1) is 0 Å². The molecule has 1 fully saturated rings. The van der Waals surface area contributed by atoms with Crippen molar-refractivity contribution in [3.05, 3.63) is 101 Å². The number of aliphatic hydroxyl groups is 1. The summed E-state index contributed by atoms with van der Waals surface area (Å²) in [6.45, 7) is 0.871. The molecule has 4 rings (SSSR count). The minimum Gasteiger partial charge on any atom is -0.507 e. The van der Waals surface area contributed by atoms with Gasteiger partial charge >= 0.3 is 0 Å². The van der Waals surface area contributed by atoms with Crippen LogP contribution < -0.4 is 9.47 Å². The van der Waals surface area contributed by atoms with Gasteiger partial charge in [0.05, 0.1) is 25.3 Å². The first-order valence-electron chi connectivity index (χ1n) is 11.2. The maximum Gasteiger partial charge on any atom is 0.295 e. The van der Waals surface area contributed by atoms with Crippen molar-refractivity contribution in [3.63, 3.8) is 0 Å². The maximum absolute atomic E-state index is 13.1. The average Bonchev–Trinajstić information content (AvgIpc) is 3.16. The normalized spacial score (nSPS) is 17.0. The van der Waals surface area contributed by atoms with Crippen LogP contribution in [0.25, 0.3) is 5.76 Å². The molecule has 3 aromatic rings. The summed E-state index contributed by atoms with van der Waals surface area (Å²) in [5.41, 5.74) is 2.14. The molecule has 7 nitrogen and oxygen atoms in total. The van der Waals surface area contributed by atoms with Crippen LogP contribution in [-0.4, -0.2) is 49.1 Å². The summed E-state index contributed by atoms with van der Waals surface area (Å²) < 4.78 is 16.3. The van der Waals surface area contributed by atoms with Gasteiger partial charge in [0.2, 0.25) is 0 Å². The Morgan fingerprint density at radius 3 is 2.34 bits per heavy atom. The van der Waals surface area contributed by atoms with E-state index in [-0.39, 0.29) is 24.5 Å². The number of hydrogen-bond acceptors (Lipinski definition) is 6. The molecular formula is C28H27NO6. The number of ketones is 1. The lowest BCUT2D eigenvalue weighted by atomic mass is 9.95. The Labute approximate surface area is 204 Å². The number of Topliss-reactive ketones (excluding diaryl/α,β-unsaturated/α-hetero) is 1. The summed E-state index contributed by atoms with van der Waals surface area (Å²) in [5.74, 6) is -0.494. The molecule has 1 N–H and O–H groups in total. The first-order valence-corrected chi connectivity index (χ1v) is 11.2. The predicted octanol–water partition coefficient (Wildman–Crippen LogP) is 4.34. The van der Waals surface area contributed by atoms with Crippen molar-refractivity contribution >= 4 is 17.4 Å². The van der Waals surface area contributed by atoms with Crippen LogP contribution in [-0.2, 0) is 20.9 Å². The van der Waals surface area contributed by atoms with Gasteiger partial charge in [0.25, 0.3) is 11.7 Å². The molecular weight excluding hydrogens is 446 g/mol. The van der Waals surface area contributed by atoms with Crippen molar-refractivity contribution in [1.82, 2.24) is 4.90 Å². The van der Waals surface area contributed by atoms with E-state index in [0.29, 0.717) is 29.2 Å². The first-order chi connectivity index (χ1) is 17.0. The Morgan fingerprint density at radius 1 is 0.914 bits per heavy atom. The maximum atomic E-state index is 13.1. The molecule has 3 aromatic carbocycles. The van der Waals surface area contributed by atoms with Gasteiger partial charge in [0, 0.05) is 19.2 Å². The second-order valence-corrected chi connectivity index (χ2v) is 8.06. The van der Waals surface area contributed by atoms with Crippen molar-refractivity contribution in [1.29, 1.82) is 0 Å². The molecule has 0 bridgehead atoms. The molecule has 1 unspecified atom stereocenters. The summed E-state index contributed by atoms with van der Waals surface area (Å²) in [6.07, 6.45) is 0. The van der Waals surface area contributed by atoms with Crippen molar-refractivity contribution < 1.29 is 28.9 Å². The van der Waals surface area contributed by atoms with E-state index in [1.54, 1.807) is 48.5 Å². The Hall–Kier alpha value is -4.10. The molecule has 1 aliphatic rings. The number of carbonyl (C=O) groups excluding carboxylic acids is 2. The monoisotopic (exact) mass is 473 g/mol. The average molecular weight is 474 g/mol. The van der Waals surface area contributed by atoms with Crippen LogP contribution in [0.3, 0.4) is 0 Å². The number of benzene rings is 3. The number of likely N-dealkylation sites (tertiary alicyclic amines) is 1. The van der Waals surface area contributed by atoms with E-state index >= 15 is 0 Å². The molecule has 0 aliphatic carbocycles. The zero-order valence-corrected chi connectivity index (χ0v) is 19.6. The second kappa shape index (κ2) is 10.9. The zero-order chi connectivity index (χ0) is 24.8. The van der Waals surface area contributed by atoms with Crippen LogP contribution in [0.1, 0.15) is 22.7 Å². The number of amides is 1. The lowest BCUT2D eigenvalue weighted by Gasteiger charge is -2.25. The van der Waals surface area contributed by atoms with Gasteiger partial charge < -0.3 is 24.2 Å². The molecule has 7 heteroatoms. The van der Waals surface area contributed by atoms with E-state index in [4.69, 9.17) is 14.2 Å². The molecule has 0 spiro atoms. The fraction of sp³-hybridized carbons (Fsp3) is 0.214. The fourth-order valence-corrected chi connectivity index (χ4v) is 4.06. The van der Waals surface area contributed by atoms with E-state index in [9.17, 15) is 14.7 Å². The van der Waals surface area contributed by atoms with Gasteiger partial charge in [-0.2, -0.15) is 0 Å². The molecule has 1 aliphatic heterocycles. The quantitative estimate of drug-likeness (QED) is 0.283. The summed E-state index contributed by atoms with van der Waals surface area (Å²) in [5, 5.41) is 11.1. The third kappa shape index (κ3) is 5.20. The van der Waals surface area contributed by atoms with Crippen LogP contribution >= 0.6 is 0 Å². The van der Waals surface area contributed by atoms with Gasteiger partial charge in [-0.25, -0.2) is 0 Å². The SMILES string of the molecule is COCCN1C(=O)C(=O)/C(=C(\O)c2cccc(OC)c2)C1c1ccc(OCc2ccccc2)cc1. The van der Waals surface area contributed by atoms with Crippen molar-refractivity contribution in [2.45, 2.75) is 12.6 Å². The van der Waals surface area contributed by atoms with Crippen LogP contribution in [0.15, 0.2) is 84.4 Å². The summed E-state index contributed by atoms with van der Waals surface area (Å²) in [4.78, 5) is 27.4. The highest BCUT2D eigenvalue weighted by Crippen LogP contribution is 2.40. The number of nitrogens with zero attached hydrogens (tertiary/aromatic N) is 1. The van der Waals surface area contributed by atoms with Crippen LogP contribution in [0.2, 0.25) is 0 Å². The van der Waals surface area contributed by atoms with Crippen LogP contribution in [0.5, 0.6) is 11.5 Å². The zero-order valence-electron chi connectivity index (χ0n) is 19.6. The molecule has 0 aromatic heterocycles. The second-order valence-electron chi connectivity index (χ2n) is 8.06. The number of rotatable bonds is 9. The lowest BCUT2D eigenvalue weighted by Crippen LogP contribution is -2.32. The molecule has 0 radical (unpaired) electrons. The van der Waals surface area contributed by atoms with E-state index in [2.05, 4.69) is 0 Å². The highest BCUT2D eigenvalue weighted by atomic mass is 16.5. The summed E-state index contributed by atoms with van der Waals surface area (Å²) in [6, 6.07) is 23.0. The Bertz CT molecular complexity index is 1220. The Kier molecular flexibility index (Phi) is 7.48. The predicted molar refractivity (Wildman–Crippen MR) is 131 cm³/mol. The van der Waals surface area contributed by atoms with Crippen LogP contribution in [0, 0.1) is 0 Å². The number of hydrogen-bond donors (Lipinski definition) is 1. The summed E-state index contributed by atoms with van der Waals surface area (Å²) in [7, 11) is 3.05. The number of ether oxygens (including phenoxy) is 3. The molecule has 0 saturated carbocycles.